The molecule has 0 saturated carbocycles. The van der Waals surface area contributed by atoms with Gasteiger partial charge < -0.3 is 14.8 Å². The van der Waals surface area contributed by atoms with Crippen LogP contribution in [0, 0.1) is 0 Å². The summed E-state index contributed by atoms with van der Waals surface area (Å²) in [6.07, 6.45) is 0.828. The lowest BCUT2D eigenvalue weighted by atomic mass is 9.98. The van der Waals surface area contributed by atoms with E-state index in [1.54, 1.807) is 0 Å². The van der Waals surface area contributed by atoms with Crippen molar-refractivity contribution < 1.29 is 9.53 Å². The van der Waals surface area contributed by atoms with E-state index in [1.807, 2.05) is 38.1 Å². The van der Waals surface area contributed by atoms with E-state index in [4.69, 9.17) is 16.3 Å². The molecule has 1 aromatic heterocycles. The van der Waals surface area contributed by atoms with Crippen LogP contribution in [0.5, 0.6) is 0 Å². The monoisotopic (exact) mass is 290 g/mol. The molecule has 0 saturated heterocycles. The summed E-state index contributed by atoms with van der Waals surface area (Å²) in [6.45, 7) is 3.92. The Morgan fingerprint density at radius 2 is 2.25 bits per heavy atom. The van der Waals surface area contributed by atoms with Crippen LogP contribution >= 0.6 is 11.6 Å². The maximum absolute atomic E-state index is 10.7. The van der Waals surface area contributed by atoms with E-state index in [2.05, 4.69) is 10.3 Å². The Kier molecular flexibility index (Phi) is 3.15. The smallest absolute Gasteiger partial charge is 0.135 e. The van der Waals surface area contributed by atoms with Gasteiger partial charge in [0.05, 0.1) is 16.9 Å². The lowest BCUT2D eigenvalue weighted by Crippen LogP contribution is -2.40. The van der Waals surface area contributed by atoms with E-state index in [0.717, 1.165) is 28.6 Å². The molecule has 5 heteroatoms. The molecule has 0 bridgehead atoms. The van der Waals surface area contributed by atoms with Crippen molar-refractivity contribution in [3.63, 3.8) is 0 Å². The third kappa shape index (κ3) is 2.25. The Morgan fingerprint density at radius 3 is 3.00 bits per heavy atom. The van der Waals surface area contributed by atoms with Crippen molar-refractivity contribution in [3.8, 4) is 0 Å². The largest absolute Gasteiger partial charge is 0.358 e. The maximum atomic E-state index is 10.7. The van der Waals surface area contributed by atoms with Gasteiger partial charge >= 0.3 is 0 Å². The zero-order chi connectivity index (χ0) is 14.3. The molecule has 104 valence electrons. The molecule has 1 aromatic carbocycles. The van der Waals surface area contributed by atoms with Gasteiger partial charge in [-0.05, 0) is 38.1 Å². The molecule has 2 heterocycles. The number of aromatic nitrogens is 1. The number of nitrogens with one attached hydrogen (secondary N) is 1. The van der Waals surface area contributed by atoms with Gasteiger partial charge in [0.15, 0.2) is 0 Å². The number of pyridine rings is 1. The van der Waals surface area contributed by atoms with Crippen LogP contribution in [0.25, 0.3) is 10.9 Å². The lowest BCUT2D eigenvalue weighted by Gasteiger charge is -2.37. The highest BCUT2D eigenvalue weighted by Crippen LogP contribution is 2.38. The molecule has 0 spiro atoms. The number of nitrogens with zero attached hydrogens (tertiary/aromatic N) is 1. The Morgan fingerprint density at radius 1 is 1.45 bits per heavy atom. The van der Waals surface area contributed by atoms with Gasteiger partial charge in [-0.25, -0.2) is 4.98 Å². The van der Waals surface area contributed by atoms with E-state index in [9.17, 15) is 4.79 Å². The first-order valence-electron chi connectivity index (χ1n) is 6.48. The second-order valence-corrected chi connectivity index (χ2v) is 5.82. The highest BCUT2D eigenvalue weighted by molar-refractivity contribution is 6.31. The van der Waals surface area contributed by atoms with Crippen LogP contribution in [0.1, 0.15) is 26.0 Å². The highest BCUT2D eigenvalue weighted by Gasteiger charge is 2.35. The third-order valence-corrected chi connectivity index (χ3v) is 3.65. The number of ether oxygens (including phenoxy) is 1. The predicted molar refractivity (Wildman–Crippen MR) is 79.0 cm³/mol. The lowest BCUT2D eigenvalue weighted by molar-refractivity contribution is -0.115. The van der Waals surface area contributed by atoms with Crippen molar-refractivity contribution in [1.29, 1.82) is 0 Å². The third-order valence-electron chi connectivity index (χ3n) is 3.41. The number of benzene rings is 1. The molecular weight excluding hydrogens is 276 g/mol. The van der Waals surface area contributed by atoms with Crippen molar-refractivity contribution >= 4 is 34.5 Å². The molecule has 1 aliphatic rings. The fourth-order valence-corrected chi connectivity index (χ4v) is 2.71. The quantitative estimate of drug-likeness (QED) is 0.860. The van der Waals surface area contributed by atoms with Crippen LogP contribution in [-0.2, 0) is 15.1 Å². The molecular formula is C15H15ClN2O2. The summed E-state index contributed by atoms with van der Waals surface area (Å²) in [7, 11) is 0. The standard InChI is InChI=1S/C15H15ClN2O2/c1-15(2)14-12(17-13(20-15)5-6-19)8-9-7-10(16)3-4-11(9)18-14/h3-4,6-8,13,17H,5H2,1-2H3. The van der Waals surface area contributed by atoms with Crippen LogP contribution in [0.15, 0.2) is 24.3 Å². The minimum Gasteiger partial charge on any atom is -0.358 e. The molecule has 0 aliphatic carbocycles. The second kappa shape index (κ2) is 4.72. The molecule has 0 amide bonds. The topological polar surface area (TPSA) is 51.2 Å². The number of hydrogen-bond donors (Lipinski definition) is 1. The van der Waals surface area contributed by atoms with Gasteiger partial charge in [0.25, 0.3) is 0 Å². The van der Waals surface area contributed by atoms with Gasteiger partial charge in [0.2, 0.25) is 0 Å². The van der Waals surface area contributed by atoms with Gasteiger partial charge in [-0.3, -0.25) is 0 Å². The van der Waals surface area contributed by atoms with Crippen LogP contribution in [0.4, 0.5) is 5.69 Å². The number of rotatable bonds is 2. The fraction of sp³-hybridized carbons (Fsp3) is 0.333. The molecule has 2 aromatic rings. The van der Waals surface area contributed by atoms with E-state index >= 15 is 0 Å². The van der Waals surface area contributed by atoms with Crippen LogP contribution in [-0.4, -0.2) is 17.5 Å². The number of halogens is 1. The van der Waals surface area contributed by atoms with Gasteiger partial charge in [0, 0.05) is 16.8 Å². The number of anilines is 1. The average Bonchev–Trinajstić information content (AvgIpc) is 2.36. The van der Waals surface area contributed by atoms with Gasteiger partial charge in [0.1, 0.15) is 18.1 Å². The van der Waals surface area contributed by atoms with Crippen molar-refractivity contribution in [1.82, 2.24) is 4.98 Å². The Hall–Kier alpha value is -1.65. The van der Waals surface area contributed by atoms with E-state index in [0.29, 0.717) is 11.4 Å². The van der Waals surface area contributed by atoms with Crippen LogP contribution in [0.3, 0.4) is 0 Å². The van der Waals surface area contributed by atoms with E-state index in [-0.39, 0.29) is 6.23 Å². The Balaban J connectivity index is 2.15. The summed E-state index contributed by atoms with van der Waals surface area (Å²) in [6, 6.07) is 7.60. The number of carbonyl (C=O) groups excluding carboxylic acids is 1. The summed E-state index contributed by atoms with van der Waals surface area (Å²) in [5, 5.41) is 4.85. The SMILES string of the molecule is CC1(C)OC(CC=O)Nc2cc3cc(Cl)ccc3nc21. The van der Waals surface area contributed by atoms with Crippen molar-refractivity contribution in [2.45, 2.75) is 32.1 Å². The molecule has 0 fully saturated rings. The molecule has 20 heavy (non-hydrogen) atoms. The van der Waals surface area contributed by atoms with Gasteiger partial charge in [-0.2, -0.15) is 0 Å². The summed E-state index contributed by atoms with van der Waals surface area (Å²) in [5.41, 5.74) is 2.07. The first-order chi connectivity index (χ1) is 9.49. The molecule has 1 unspecified atom stereocenters. The minimum absolute atomic E-state index is 0.302. The Labute approximate surface area is 122 Å². The predicted octanol–water partition coefficient (Wildman–Crippen LogP) is 3.48. The summed E-state index contributed by atoms with van der Waals surface area (Å²) < 4.78 is 5.88. The van der Waals surface area contributed by atoms with Crippen molar-refractivity contribution in [3.05, 3.63) is 35.0 Å². The number of hydrogen-bond acceptors (Lipinski definition) is 4. The zero-order valence-electron chi connectivity index (χ0n) is 11.3. The number of fused-ring (bicyclic) bond motifs is 2. The first kappa shape index (κ1) is 13.3. The summed E-state index contributed by atoms with van der Waals surface area (Å²) >= 11 is 6.02. The highest BCUT2D eigenvalue weighted by atomic mass is 35.5. The second-order valence-electron chi connectivity index (χ2n) is 5.39. The average molecular weight is 291 g/mol. The van der Waals surface area contributed by atoms with Crippen LogP contribution < -0.4 is 5.32 Å². The summed E-state index contributed by atoms with van der Waals surface area (Å²) in [4.78, 5) is 15.4. The first-order valence-corrected chi connectivity index (χ1v) is 6.86. The molecule has 1 N–H and O–H groups in total. The van der Waals surface area contributed by atoms with Crippen LogP contribution in [0.2, 0.25) is 5.02 Å². The maximum Gasteiger partial charge on any atom is 0.135 e. The molecule has 3 rings (SSSR count). The molecule has 4 nitrogen and oxygen atoms in total. The van der Waals surface area contributed by atoms with Gasteiger partial charge in [-0.1, -0.05) is 11.6 Å². The molecule has 1 atom stereocenters. The van der Waals surface area contributed by atoms with Crippen molar-refractivity contribution in [2.75, 3.05) is 5.32 Å². The minimum atomic E-state index is -0.540. The van der Waals surface area contributed by atoms with Gasteiger partial charge in [-0.15, -0.1) is 0 Å². The molecule has 0 radical (unpaired) electrons. The normalized spacial score (nSPS) is 20.2. The zero-order valence-corrected chi connectivity index (χ0v) is 12.1. The summed E-state index contributed by atoms with van der Waals surface area (Å²) in [5.74, 6) is 0. The number of carbonyl (C=O) groups is 1. The van der Waals surface area contributed by atoms with E-state index in [1.165, 1.54) is 0 Å². The van der Waals surface area contributed by atoms with Crippen molar-refractivity contribution in [2.24, 2.45) is 0 Å². The number of aldehydes is 1. The molecule has 1 aliphatic heterocycles. The Bertz CT molecular complexity index is 685. The fourth-order valence-electron chi connectivity index (χ4n) is 2.53. The van der Waals surface area contributed by atoms with E-state index < -0.39 is 5.60 Å².